The third-order valence-electron chi connectivity index (χ3n) is 2.52. The minimum Gasteiger partial charge on any atom is -0.457 e. The topological polar surface area (TPSA) is 72.5 Å². The predicted octanol–water partition coefficient (Wildman–Crippen LogP) is 3.48. The quantitative estimate of drug-likeness (QED) is 0.906. The van der Waals surface area contributed by atoms with E-state index in [9.17, 15) is 13.2 Å². The van der Waals surface area contributed by atoms with Crippen LogP contribution in [0.1, 0.15) is 10.4 Å². The Labute approximate surface area is 137 Å². The number of hydrogen-bond acceptors (Lipinski definition) is 4. The second-order valence-electron chi connectivity index (χ2n) is 4.41. The van der Waals surface area contributed by atoms with Gasteiger partial charge in [-0.2, -0.15) is 0 Å². The molecule has 5 nitrogen and oxygen atoms in total. The van der Waals surface area contributed by atoms with Crippen molar-refractivity contribution in [2.45, 2.75) is 0 Å². The minimum atomic E-state index is -3.60. The minimum absolute atomic E-state index is 0.201. The molecule has 2 aromatic carbocycles. The van der Waals surface area contributed by atoms with Gasteiger partial charge in [-0.05, 0) is 36.4 Å². The maximum Gasteiger partial charge on any atom is 0.264 e. The molecular weight excluding hydrogens is 349 g/mol. The predicted molar refractivity (Wildman–Crippen MR) is 85.3 cm³/mol. The number of hydrogen-bond donors (Lipinski definition) is 1. The Bertz CT molecular complexity index is 804. The first-order valence-corrected chi connectivity index (χ1v) is 8.64. The van der Waals surface area contributed by atoms with Crippen molar-refractivity contribution >= 4 is 39.1 Å². The van der Waals surface area contributed by atoms with Gasteiger partial charge in [0.2, 0.25) is 10.0 Å². The first-order chi connectivity index (χ1) is 10.2. The molecule has 8 heteroatoms. The van der Waals surface area contributed by atoms with Crippen LogP contribution in [0.15, 0.2) is 42.5 Å². The lowest BCUT2D eigenvalue weighted by Gasteiger charge is -2.08. The number of amides is 1. The molecule has 1 N–H and O–H groups in total. The average Bonchev–Trinajstić information content (AvgIpc) is 2.42. The van der Waals surface area contributed by atoms with Crippen LogP contribution in [-0.4, -0.2) is 20.6 Å². The Balaban J connectivity index is 2.12. The van der Waals surface area contributed by atoms with Gasteiger partial charge in [-0.25, -0.2) is 13.1 Å². The maximum absolute atomic E-state index is 11.6. The lowest BCUT2D eigenvalue weighted by atomic mass is 10.2. The van der Waals surface area contributed by atoms with E-state index in [-0.39, 0.29) is 5.56 Å². The van der Waals surface area contributed by atoms with Crippen LogP contribution in [0.3, 0.4) is 0 Å². The van der Waals surface area contributed by atoms with Gasteiger partial charge in [0.1, 0.15) is 11.5 Å². The molecule has 0 atom stereocenters. The number of rotatable bonds is 4. The second-order valence-corrected chi connectivity index (χ2v) is 6.97. The molecule has 0 saturated heterocycles. The molecule has 0 heterocycles. The maximum atomic E-state index is 11.6. The summed E-state index contributed by atoms with van der Waals surface area (Å²) in [6, 6.07) is 10.8. The highest BCUT2D eigenvalue weighted by Gasteiger charge is 2.11. The van der Waals surface area contributed by atoms with Crippen LogP contribution in [0.4, 0.5) is 0 Å². The Morgan fingerprint density at radius 1 is 1.00 bits per heavy atom. The third kappa shape index (κ3) is 4.62. The highest BCUT2D eigenvalue weighted by Crippen LogP contribution is 2.29. The fraction of sp³-hybridized carbons (Fsp3) is 0.0714. The summed E-state index contributed by atoms with van der Waals surface area (Å²) in [5.41, 5.74) is 0.201. The summed E-state index contributed by atoms with van der Waals surface area (Å²) >= 11 is 11.7. The molecule has 0 saturated carbocycles. The van der Waals surface area contributed by atoms with Gasteiger partial charge >= 0.3 is 0 Å². The number of carbonyl (C=O) groups is 1. The fourth-order valence-corrected chi connectivity index (χ4v) is 2.32. The molecule has 0 unspecified atom stereocenters. The zero-order valence-electron chi connectivity index (χ0n) is 11.3. The molecule has 0 aliphatic carbocycles. The molecule has 0 spiro atoms. The highest BCUT2D eigenvalue weighted by molar-refractivity contribution is 7.89. The van der Waals surface area contributed by atoms with Crippen LogP contribution in [-0.2, 0) is 10.0 Å². The van der Waals surface area contributed by atoms with Gasteiger partial charge in [-0.1, -0.05) is 23.2 Å². The van der Waals surface area contributed by atoms with E-state index in [1.807, 2.05) is 4.72 Å². The number of nitrogens with one attached hydrogen (secondary N) is 1. The number of sulfonamides is 1. The second kappa shape index (κ2) is 6.56. The molecule has 0 aliphatic heterocycles. The first-order valence-electron chi connectivity index (χ1n) is 6.00. The monoisotopic (exact) mass is 359 g/mol. The first kappa shape index (κ1) is 16.6. The van der Waals surface area contributed by atoms with Crippen LogP contribution >= 0.6 is 23.2 Å². The van der Waals surface area contributed by atoms with Crippen LogP contribution in [0, 0.1) is 0 Å². The molecule has 0 aliphatic rings. The number of benzene rings is 2. The van der Waals surface area contributed by atoms with Gasteiger partial charge in [-0.15, -0.1) is 0 Å². The van der Waals surface area contributed by atoms with E-state index in [4.69, 9.17) is 27.9 Å². The van der Waals surface area contributed by atoms with E-state index in [1.54, 1.807) is 30.3 Å². The van der Waals surface area contributed by atoms with Gasteiger partial charge in [0.05, 0.1) is 16.3 Å². The molecule has 0 aromatic heterocycles. The Hall–Kier alpha value is -1.76. The lowest BCUT2D eigenvalue weighted by molar-refractivity contribution is 0.0981. The lowest BCUT2D eigenvalue weighted by Crippen LogP contribution is -2.29. The summed E-state index contributed by atoms with van der Waals surface area (Å²) in [6.07, 6.45) is 0.909. The van der Waals surface area contributed by atoms with Crippen molar-refractivity contribution in [2.24, 2.45) is 0 Å². The van der Waals surface area contributed by atoms with Crippen molar-refractivity contribution in [3.8, 4) is 11.5 Å². The number of halogens is 2. The Morgan fingerprint density at radius 3 is 2.14 bits per heavy atom. The number of ether oxygens (including phenoxy) is 1. The van der Waals surface area contributed by atoms with E-state index in [0.29, 0.717) is 21.5 Å². The summed E-state index contributed by atoms with van der Waals surface area (Å²) in [6.45, 7) is 0. The molecule has 0 radical (unpaired) electrons. The van der Waals surface area contributed by atoms with Gasteiger partial charge in [0, 0.05) is 11.6 Å². The smallest absolute Gasteiger partial charge is 0.264 e. The molecule has 0 bridgehead atoms. The van der Waals surface area contributed by atoms with Gasteiger partial charge in [0.15, 0.2) is 0 Å². The molecule has 22 heavy (non-hydrogen) atoms. The number of carbonyl (C=O) groups excluding carboxylic acids is 1. The van der Waals surface area contributed by atoms with Crippen LogP contribution in [0.5, 0.6) is 11.5 Å². The van der Waals surface area contributed by atoms with Crippen molar-refractivity contribution in [1.82, 2.24) is 4.72 Å². The molecule has 0 fully saturated rings. The molecular formula is C14H11Cl2NO4S. The van der Waals surface area contributed by atoms with Crippen molar-refractivity contribution in [2.75, 3.05) is 6.26 Å². The zero-order valence-corrected chi connectivity index (χ0v) is 13.7. The van der Waals surface area contributed by atoms with Crippen molar-refractivity contribution in [1.29, 1.82) is 0 Å². The van der Waals surface area contributed by atoms with Crippen LogP contribution in [0.2, 0.25) is 10.0 Å². The van der Waals surface area contributed by atoms with Crippen molar-refractivity contribution in [3.63, 3.8) is 0 Å². The van der Waals surface area contributed by atoms with E-state index in [2.05, 4.69) is 0 Å². The van der Waals surface area contributed by atoms with E-state index >= 15 is 0 Å². The van der Waals surface area contributed by atoms with Crippen molar-refractivity contribution in [3.05, 3.63) is 58.1 Å². The SMILES string of the molecule is CS(=O)(=O)NC(=O)c1ccc(Oc2ccc(Cl)c(Cl)c2)cc1. The zero-order chi connectivity index (χ0) is 16.3. The molecule has 116 valence electrons. The van der Waals surface area contributed by atoms with E-state index < -0.39 is 15.9 Å². The summed E-state index contributed by atoms with van der Waals surface area (Å²) in [5.74, 6) is 0.251. The Morgan fingerprint density at radius 2 is 1.59 bits per heavy atom. The van der Waals surface area contributed by atoms with E-state index in [0.717, 1.165) is 6.26 Å². The van der Waals surface area contributed by atoms with E-state index in [1.165, 1.54) is 12.1 Å². The summed E-state index contributed by atoms with van der Waals surface area (Å²) < 4.78 is 29.4. The van der Waals surface area contributed by atoms with Gasteiger partial charge < -0.3 is 4.74 Å². The van der Waals surface area contributed by atoms with Gasteiger partial charge in [-0.3, -0.25) is 4.79 Å². The molecule has 1 amide bonds. The molecule has 2 rings (SSSR count). The van der Waals surface area contributed by atoms with Crippen LogP contribution in [0.25, 0.3) is 0 Å². The standard InChI is InChI=1S/C14H11Cl2NO4S/c1-22(19,20)17-14(18)9-2-4-10(5-3-9)21-11-6-7-12(15)13(16)8-11/h2-8H,1H3,(H,17,18). The molecule has 2 aromatic rings. The largest absolute Gasteiger partial charge is 0.457 e. The third-order valence-corrected chi connectivity index (χ3v) is 3.82. The highest BCUT2D eigenvalue weighted by atomic mass is 35.5. The summed E-state index contributed by atoms with van der Waals surface area (Å²) in [4.78, 5) is 11.6. The van der Waals surface area contributed by atoms with Crippen LogP contribution < -0.4 is 9.46 Å². The van der Waals surface area contributed by atoms with Gasteiger partial charge in [0.25, 0.3) is 5.91 Å². The summed E-state index contributed by atoms with van der Waals surface area (Å²) in [5, 5.41) is 0.783. The average molecular weight is 360 g/mol. The Kier molecular flexibility index (Phi) is 4.95. The normalized spacial score (nSPS) is 11.0. The van der Waals surface area contributed by atoms with Crippen molar-refractivity contribution < 1.29 is 17.9 Å². The fourth-order valence-electron chi connectivity index (χ4n) is 1.58. The summed E-state index contributed by atoms with van der Waals surface area (Å²) in [7, 11) is -3.60.